The molecular weight excluding hydrogens is 196 g/mol. The summed E-state index contributed by atoms with van der Waals surface area (Å²) in [7, 11) is 0. The molecule has 0 aliphatic carbocycles. The molecule has 1 aromatic carbocycles. The number of rotatable bonds is 2. The fourth-order valence-corrected chi connectivity index (χ4v) is 1.56. The molecule has 0 spiro atoms. The number of carbonyl (C=O) groups is 1. The van der Waals surface area contributed by atoms with Gasteiger partial charge in [0.2, 0.25) is 5.12 Å². The first-order chi connectivity index (χ1) is 5.74. The van der Waals surface area contributed by atoms with Gasteiger partial charge in [-0.2, -0.15) is 0 Å². The van der Waals surface area contributed by atoms with Gasteiger partial charge >= 0.3 is 0 Å². The summed E-state index contributed by atoms with van der Waals surface area (Å²) in [5.74, 6) is 0. The predicted octanol–water partition coefficient (Wildman–Crippen LogP) is 1.95. The molecule has 0 bridgehead atoms. The maximum Gasteiger partial charge on any atom is 0.219 e. The van der Waals surface area contributed by atoms with E-state index in [9.17, 15) is 4.79 Å². The van der Waals surface area contributed by atoms with Gasteiger partial charge in [-0.25, -0.2) is 0 Å². The van der Waals surface area contributed by atoms with Gasteiger partial charge in [0.1, 0.15) is 6.61 Å². The number of benzene rings is 1. The van der Waals surface area contributed by atoms with E-state index in [0.717, 1.165) is 11.8 Å². The fraction of sp³-hybridized carbons (Fsp3) is 0.125. The molecule has 0 heterocycles. The molecule has 1 N–H and O–H groups in total. The van der Waals surface area contributed by atoms with Gasteiger partial charge in [-0.1, -0.05) is 23.7 Å². The Morgan fingerprint density at radius 3 is 2.75 bits per heavy atom. The first-order valence-electron chi connectivity index (χ1n) is 3.30. The van der Waals surface area contributed by atoms with Crippen molar-refractivity contribution in [2.45, 2.75) is 4.90 Å². The second-order valence-electron chi connectivity index (χ2n) is 2.06. The highest BCUT2D eigenvalue weighted by atomic mass is 35.5. The maximum absolute atomic E-state index is 10.8. The van der Waals surface area contributed by atoms with Crippen LogP contribution in [-0.2, 0) is 4.79 Å². The van der Waals surface area contributed by atoms with E-state index in [2.05, 4.69) is 0 Å². The zero-order valence-electron chi connectivity index (χ0n) is 6.16. The first kappa shape index (κ1) is 9.58. The van der Waals surface area contributed by atoms with Crippen LogP contribution in [0.3, 0.4) is 0 Å². The number of thioether (sulfide) groups is 1. The third-order valence-corrected chi connectivity index (χ3v) is 2.56. The minimum Gasteiger partial charge on any atom is -0.388 e. The quantitative estimate of drug-likeness (QED) is 0.745. The standard InChI is InChI=1S/C8H7ClO2S/c9-6-3-1-2-4-7(6)12-8(11)5-10/h1-4,10H,5H2. The van der Waals surface area contributed by atoms with Crippen molar-refractivity contribution in [2.75, 3.05) is 6.61 Å². The maximum atomic E-state index is 10.8. The molecule has 1 aromatic rings. The van der Waals surface area contributed by atoms with Gasteiger partial charge in [0, 0.05) is 4.90 Å². The molecule has 0 unspecified atom stereocenters. The van der Waals surface area contributed by atoms with E-state index in [1.54, 1.807) is 24.3 Å². The Balaban J connectivity index is 2.75. The van der Waals surface area contributed by atoms with E-state index in [4.69, 9.17) is 16.7 Å². The molecule has 12 heavy (non-hydrogen) atoms. The van der Waals surface area contributed by atoms with Crippen molar-refractivity contribution in [3.05, 3.63) is 29.3 Å². The summed E-state index contributed by atoms with van der Waals surface area (Å²) in [6, 6.07) is 7.02. The topological polar surface area (TPSA) is 37.3 Å². The average Bonchev–Trinajstić information content (AvgIpc) is 2.09. The third kappa shape index (κ3) is 2.52. The zero-order chi connectivity index (χ0) is 8.97. The fourth-order valence-electron chi connectivity index (χ4n) is 0.682. The van der Waals surface area contributed by atoms with Gasteiger partial charge in [-0.05, 0) is 23.9 Å². The highest BCUT2D eigenvalue weighted by molar-refractivity contribution is 8.13. The normalized spacial score (nSPS) is 9.83. The minimum absolute atomic E-state index is 0.303. The lowest BCUT2D eigenvalue weighted by atomic mass is 10.4. The van der Waals surface area contributed by atoms with Gasteiger partial charge in [0.15, 0.2) is 0 Å². The molecule has 0 aromatic heterocycles. The Bertz CT molecular complexity index is 288. The summed E-state index contributed by atoms with van der Waals surface area (Å²) in [6.07, 6.45) is 0. The first-order valence-corrected chi connectivity index (χ1v) is 4.49. The molecule has 0 atom stereocenters. The number of aliphatic hydroxyl groups is 1. The van der Waals surface area contributed by atoms with Crippen molar-refractivity contribution in [3.63, 3.8) is 0 Å². The Morgan fingerprint density at radius 1 is 1.50 bits per heavy atom. The minimum atomic E-state index is -0.462. The Morgan fingerprint density at radius 2 is 2.17 bits per heavy atom. The van der Waals surface area contributed by atoms with E-state index in [1.165, 1.54) is 0 Å². The van der Waals surface area contributed by atoms with Crippen molar-refractivity contribution in [3.8, 4) is 0 Å². The highest BCUT2D eigenvalue weighted by Gasteiger charge is 2.05. The Labute approximate surface area is 79.5 Å². The Hall–Kier alpha value is -0.510. The van der Waals surface area contributed by atoms with Crippen molar-refractivity contribution in [2.24, 2.45) is 0 Å². The van der Waals surface area contributed by atoms with Crippen LogP contribution >= 0.6 is 23.4 Å². The van der Waals surface area contributed by atoms with Crippen molar-refractivity contribution in [1.29, 1.82) is 0 Å². The second kappa shape index (κ2) is 4.50. The van der Waals surface area contributed by atoms with Crippen molar-refractivity contribution < 1.29 is 9.90 Å². The predicted molar refractivity (Wildman–Crippen MR) is 49.4 cm³/mol. The van der Waals surface area contributed by atoms with Crippen LogP contribution < -0.4 is 0 Å². The van der Waals surface area contributed by atoms with Crippen LogP contribution in [0.5, 0.6) is 0 Å². The lowest BCUT2D eigenvalue weighted by molar-refractivity contribution is -0.113. The monoisotopic (exact) mass is 202 g/mol. The lowest BCUT2D eigenvalue weighted by Gasteiger charge is -1.99. The van der Waals surface area contributed by atoms with Crippen LogP contribution in [0.4, 0.5) is 0 Å². The number of halogens is 1. The molecule has 0 radical (unpaired) electrons. The summed E-state index contributed by atoms with van der Waals surface area (Å²) in [5, 5.41) is 8.70. The molecule has 0 aliphatic rings. The van der Waals surface area contributed by atoms with Crippen LogP contribution in [0.1, 0.15) is 0 Å². The highest BCUT2D eigenvalue weighted by Crippen LogP contribution is 2.26. The van der Waals surface area contributed by atoms with Gasteiger partial charge in [0.05, 0.1) is 5.02 Å². The third-order valence-electron chi connectivity index (χ3n) is 1.19. The summed E-state index contributed by atoms with van der Waals surface area (Å²) in [5.41, 5.74) is 0. The molecule has 0 amide bonds. The molecule has 0 aliphatic heterocycles. The van der Waals surface area contributed by atoms with E-state index in [-0.39, 0.29) is 5.12 Å². The van der Waals surface area contributed by atoms with E-state index >= 15 is 0 Å². The SMILES string of the molecule is O=C(CO)Sc1ccccc1Cl. The van der Waals surface area contributed by atoms with E-state index in [0.29, 0.717) is 9.92 Å². The molecule has 1 rings (SSSR count). The molecule has 2 nitrogen and oxygen atoms in total. The van der Waals surface area contributed by atoms with Crippen LogP contribution in [0.2, 0.25) is 5.02 Å². The van der Waals surface area contributed by atoms with E-state index in [1.807, 2.05) is 0 Å². The van der Waals surface area contributed by atoms with Crippen LogP contribution in [-0.4, -0.2) is 16.8 Å². The molecule has 0 saturated heterocycles. The largest absolute Gasteiger partial charge is 0.388 e. The van der Waals surface area contributed by atoms with Crippen molar-refractivity contribution >= 4 is 28.5 Å². The molecule has 0 saturated carbocycles. The van der Waals surface area contributed by atoms with Gasteiger partial charge in [0.25, 0.3) is 0 Å². The number of hydrogen-bond donors (Lipinski definition) is 1. The van der Waals surface area contributed by atoms with Crippen LogP contribution in [0.15, 0.2) is 29.2 Å². The van der Waals surface area contributed by atoms with Crippen LogP contribution in [0.25, 0.3) is 0 Å². The summed E-state index contributed by atoms with van der Waals surface area (Å²) in [6.45, 7) is -0.462. The molecular formula is C8H7ClO2S. The summed E-state index contributed by atoms with van der Waals surface area (Å²) in [4.78, 5) is 11.5. The summed E-state index contributed by atoms with van der Waals surface area (Å²) < 4.78 is 0. The van der Waals surface area contributed by atoms with Crippen LogP contribution in [0, 0.1) is 0 Å². The van der Waals surface area contributed by atoms with Gasteiger partial charge in [-0.3, -0.25) is 4.79 Å². The molecule has 64 valence electrons. The number of carbonyl (C=O) groups excluding carboxylic acids is 1. The second-order valence-corrected chi connectivity index (χ2v) is 3.57. The molecule has 0 fully saturated rings. The molecule has 4 heteroatoms. The average molecular weight is 203 g/mol. The number of hydrogen-bond acceptors (Lipinski definition) is 3. The lowest BCUT2D eigenvalue weighted by Crippen LogP contribution is -1.96. The zero-order valence-corrected chi connectivity index (χ0v) is 7.73. The van der Waals surface area contributed by atoms with Gasteiger partial charge < -0.3 is 5.11 Å². The van der Waals surface area contributed by atoms with Gasteiger partial charge in [-0.15, -0.1) is 0 Å². The van der Waals surface area contributed by atoms with Crippen molar-refractivity contribution in [1.82, 2.24) is 0 Å². The number of aliphatic hydroxyl groups excluding tert-OH is 1. The van der Waals surface area contributed by atoms with E-state index < -0.39 is 6.61 Å². The Kier molecular flexibility index (Phi) is 3.59. The smallest absolute Gasteiger partial charge is 0.219 e. The summed E-state index contributed by atoms with van der Waals surface area (Å²) >= 11 is 6.72.